The van der Waals surface area contributed by atoms with E-state index in [1.165, 1.54) is 19.8 Å². The summed E-state index contributed by atoms with van der Waals surface area (Å²) < 4.78 is 4.92. The molecule has 1 saturated heterocycles. The molecule has 78 valence electrons. The van der Waals surface area contributed by atoms with Gasteiger partial charge in [0.05, 0.1) is 6.61 Å². The van der Waals surface area contributed by atoms with E-state index in [2.05, 4.69) is 0 Å². The van der Waals surface area contributed by atoms with E-state index in [0.717, 1.165) is 12.3 Å². The second kappa shape index (κ2) is 3.37. The molecule has 14 heavy (non-hydrogen) atoms. The molecule has 3 heteroatoms. The summed E-state index contributed by atoms with van der Waals surface area (Å²) in [5.74, 6) is 0.464. The maximum Gasteiger partial charge on any atom is 0.319 e. The van der Waals surface area contributed by atoms with E-state index < -0.39 is 5.41 Å². The van der Waals surface area contributed by atoms with Crippen LogP contribution in [0.3, 0.4) is 0 Å². The van der Waals surface area contributed by atoms with E-state index in [-0.39, 0.29) is 11.8 Å². The van der Waals surface area contributed by atoms with Crippen molar-refractivity contribution in [3.63, 3.8) is 0 Å². The molecule has 0 N–H and O–H groups in total. The van der Waals surface area contributed by atoms with Gasteiger partial charge >= 0.3 is 5.97 Å². The van der Waals surface area contributed by atoms with Crippen LogP contribution in [0.4, 0.5) is 0 Å². The highest BCUT2D eigenvalue weighted by Crippen LogP contribution is 2.42. The summed E-state index contributed by atoms with van der Waals surface area (Å²) in [7, 11) is 0. The molecule has 0 amide bonds. The second-order valence-corrected chi connectivity index (χ2v) is 4.51. The predicted molar refractivity (Wildman–Crippen MR) is 50.6 cm³/mol. The molecule has 2 rings (SSSR count). The minimum Gasteiger partial charge on any atom is -0.465 e. The first kappa shape index (κ1) is 9.69. The number of hydrogen-bond acceptors (Lipinski definition) is 3. The van der Waals surface area contributed by atoms with Gasteiger partial charge in [0.1, 0.15) is 11.2 Å². The molecule has 0 spiro atoms. The summed E-state index contributed by atoms with van der Waals surface area (Å²) in [6.45, 7) is 1.93. The fourth-order valence-electron chi connectivity index (χ4n) is 2.14. The lowest BCUT2D eigenvalue weighted by Gasteiger charge is -2.20. The molecule has 0 radical (unpaired) electrons. The SMILES string of the molecule is CC(=O)C1(CCC2CC2)CCOC1=O. The Hall–Kier alpha value is -0.860. The molecule has 1 saturated carbocycles. The van der Waals surface area contributed by atoms with Gasteiger partial charge in [-0.25, -0.2) is 0 Å². The predicted octanol–water partition coefficient (Wildman–Crippen LogP) is 1.70. The number of carbonyl (C=O) groups is 2. The van der Waals surface area contributed by atoms with Crippen molar-refractivity contribution in [1.29, 1.82) is 0 Å². The minimum absolute atomic E-state index is 0.0133. The Morgan fingerprint density at radius 2 is 2.29 bits per heavy atom. The summed E-state index contributed by atoms with van der Waals surface area (Å²) in [5.41, 5.74) is -0.775. The molecular formula is C11H16O3. The fraction of sp³-hybridized carbons (Fsp3) is 0.818. The van der Waals surface area contributed by atoms with E-state index in [1.807, 2.05) is 0 Å². The maximum atomic E-state index is 11.5. The maximum absolute atomic E-state index is 11.5. The minimum atomic E-state index is -0.775. The quantitative estimate of drug-likeness (QED) is 0.507. The van der Waals surface area contributed by atoms with Crippen LogP contribution in [0, 0.1) is 11.3 Å². The van der Waals surface area contributed by atoms with Crippen molar-refractivity contribution in [1.82, 2.24) is 0 Å². The van der Waals surface area contributed by atoms with Gasteiger partial charge in [-0.2, -0.15) is 0 Å². The zero-order valence-corrected chi connectivity index (χ0v) is 8.54. The molecule has 1 unspecified atom stereocenters. The van der Waals surface area contributed by atoms with Gasteiger partial charge in [-0.1, -0.05) is 12.8 Å². The Balaban J connectivity index is 2.04. The third kappa shape index (κ3) is 1.56. The second-order valence-electron chi connectivity index (χ2n) is 4.51. The first-order chi connectivity index (χ1) is 6.65. The summed E-state index contributed by atoms with van der Waals surface area (Å²) >= 11 is 0. The molecule has 2 aliphatic rings. The molecule has 1 atom stereocenters. The summed E-state index contributed by atoms with van der Waals surface area (Å²) in [6.07, 6.45) is 4.83. The largest absolute Gasteiger partial charge is 0.465 e. The van der Waals surface area contributed by atoms with Crippen molar-refractivity contribution >= 4 is 11.8 Å². The molecular weight excluding hydrogens is 180 g/mol. The monoisotopic (exact) mass is 196 g/mol. The lowest BCUT2D eigenvalue weighted by Crippen LogP contribution is -2.34. The number of cyclic esters (lactones) is 1. The average molecular weight is 196 g/mol. The first-order valence-corrected chi connectivity index (χ1v) is 5.33. The highest BCUT2D eigenvalue weighted by Gasteiger charge is 2.48. The lowest BCUT2D eigenvalue weighted by atomic mass is 9.78. The van der Waals surface area contributed by atoms with Crippen molar-refractivity contribution in [2.45, 2.75) is 39.0 Å². The fourth-order valence-corrected chi connectivity index (χ4v) is 2.14. The Morgan fingerprint density at radius 3 is 2.71 bits per heavy atom. The molecule has 1 heterocycles. The number of ether oxygens (including phenoxy) is 1. The van der Waals surface area contributed by atoms with Gasteiger partial charge < -0.3 is 4.74 Å². The van der Waals surface area contributed by atoms with Crippen LogP contribution in [-0.2, 0) is 14.3 Å². The van der Waals surface area contributed by atoms with Crippen molar-refractivity contribution in [3.05, 3.63) is 0 Å². The summed E-state index contributed by atoms with van der Waals surface area (Å²) in [5, 5.41) is 0. The Morgan fingerprint density at radius 1 is 1.57 bits per heavy atom. The van der Waals surface area contributed by atoms with Crippen molar-refractivity contribution < 1.29 is 14.3 Å². The van der Waals surface area contributed by atoms with Crippen LogP contribution in [0.1, 0.15) is 39.0 Å². The van der Waals surface area contributed by atoms with Crippen LogP contribution in [0.15, 0.2) is 0 Å². The molecule has 1 aliphatic heterocycles. The van der Waals surface area contributed by atoms with Crippen molar-refractivity contribution in [2.75, 3.05) is 6.61 Å². The number of Topliss-reactive ketones (excluding diaryl/α,β-unsaturated/α-hetero) is 1. The van der Waals surface area contributed by atoms with Crippen LogP contribution in [0.25, 0.3) is 0 Å². The van der Waals surface area contributed by atoms with Gasteiger partial charge in [0, 0.05) is 6.42 Å². The molecule has 2 fully saturated rings. The normalized spacial score (nSPS) is 31.6. The molecule has 1 aliphatic carbocycles. The number of hydrogen-bond donors (Lipinski definition) is 0. The number of esters is 1. The first-order valence-electron chi connectivity index (χ1n) is 5.33. The Kier molecular flexibility index (Phi) is 2.33. The topological polar surface area (TPSA) is 43.4 Å². The van der Waals surface area contributed by atoms with Gasteiger partial charge in [0.15, 0.2) is 0 Å². The van der Waals surface area contributed by atoms with Crippen molar-refractivity contribution in [2.24, 2.45) is 11.3 Å². The highest BCUT2D eigenvalue weighted by atomic mass is 16.5. The zero-order valence-electron chi connectivity index (χ0n) is 8.54. The average Bonchev–Trinajstić information content (AvgIpc) is 2.88. The lowest BCUT2D eigenvalue weighted by molar-refractivity contribution is -0.151. The number of rotatable bonds is 4. The molecule has 0 aromatic carbocycles. The van der Waals surface area contributed by atoms with E-state index in [9.17, 15) is 9.59 Å². The van der Waals surface area contributed by atoms with Gasteiger partial charge in [-0.05, 0) is 25.7 Å². The van der Waals surface area contributed by atoms with Crippen LogP contribution < -0.4 is 0 Å². The Bertz CT molecular complexity index is 268. The van der Waals surface area contributed by atoms with Crippen LogP contribution in [0.5, 0.6) is 0 Å². The van der Waals surface area contributed by atoms with Gasteiger partial charge in [-0.3, -0.25) is 9.59 Å². The number of carbonyl (C=O) groups excluding carboxylic acids is 2. The third-order valence-corrected chi connectivity index (χ3v) is 3.50. The van der Waals surface area contributed by atoms with Crippen LogP contribution in [0.2, 0.25) is 0 Å². The van der Waals surface area contributed by atoms with Crippen LogP contribution >= 0.6 is 0 Å². The van der Waals surface area contributed by atoms with Crippen LogP contribution in [-0.4, -0.2) is 18.4 Å². The van der Waals surface area contributed by atoms with Gasteiger partial charge in [0.2, 0.25) is 0 Å². The van der Waals surface area contributed by atoms with E-state index >= 15 is 0 Å². The smallest absolute Gasteiger partial charge is 0.319 e. The Labute approximate surface area is 83.8 Å². The summed E-state index contributed by atoms with van der Waals surface area (Å²) in [4.78, 5) is 23.0. The summed E-state index contributed by atoms with van der Waals surface area (Å²) in [6, 6.07) is 0. The van der Waals surface area contributed by atoms with E-state index in [1.54, 1.807) is 0 Å². The van der Waals surface area contributed by atoms with E-state index in [4.69, 9.17) is 4.74 Å². The highest BCUT2D eigenvalue weighted by molar-refractivity contribution is 6.03. The molecule has 0 bridgehead atoms. The number of ketones is 1. The van der Waals surface area contributed by atoms with Crippen molar-refractivity contribution in [3.8, 4) is 0 Å². The van der Waals surface area contributed by atoms with Gasteiger partial charge in [-0.15, -0.1) is 0 Å². The zero-order chi connectivity index (χ0) is 10.2. The van der Waals surface area contributed by atoms with E-state index in [0.29, 0.717) is 19.4 Å². The molecule has 3 nitrogen and oxygen atoms in total. The molecule has 0 aromatic heterocycles. The molecule has 0 aromatic rings. The standard InChI is InChI=1S/C11H16O3/c1-8(12)11(5-4-9-2-3-9)6-7-14-10(11)13/h9H,2-7H2,1H3. The van der Waals surface area contributed by atoms with Gasteiger partial charge in [0.25, 0.3) is 0 Å². The third-order valence-electron chi connectivity index (χ3n) is 3.50.